The summed E-state index contributed by atoms with van der Waals surface area (Å²) in [5.74, 6) is 0.814. The lowest BCUT2D eigenvalue weighted by atomic mass is 9.78. The number of nitrogens with one attached hydrogen (secondary N) is 3. The van der Waals surface area contributed by atoms with Crippen LogP contribution >= 0.6 is 23.8 Å². The number of anilines is 1. The Morgan fingerprint density at radius 2 is 2.00 bits per heavy atom. The Balaban J connectivity index is 1.62. The Morgan fingerprint density at radius 3 is 2.71 bits per heavy atom. The standard InChI is InChI=1S/C20H27ClN4O2S/c1-12-5-3-6-16(13(12)2)22-20(28)24-23-19(27)15-9-8-14(21)11-17(15)25-10-4-7-18(25)26/h8-9,11-13,16H,3-7,10H2,1-2H3,(H,23,27)(H2,22,24,28)/t12-,13-,16+/m1/s1. The number of halogens is 1. The van der Waals surface area contributed by atoms with Crippen molar-refractivity contribution in [1.29, 1.82) is 0 Å². The highest BCUT2D eigenvalue weighted by Gasteiger charge is 2.28. The Bertz CT molecular complexity index is 773. The molecule has 0 bridgehead atoms. The number of carbonyl (C=O) groups excluding carboxylic acids is 2. The highest BCUT2D eigenvalue weighted by Crippen LogP contribution is 2.30. The second-order valence-corrected chi connectivity index (χ2v) is 8.58. The third-order valence-electron chi connectivity index (χ3n) is 5.88. The van der Waals surface area contributed by atoms with Gasteiger partial charge in [0.1, 0.15) is 0 Å². The molecule has 1 aromatic rings. The summed E-state index contributed by atoms with van der Waals surface area (Å²) in [7, 11) is 0. The van der Waals surface area contributed by atoms with Crippen LogP contribution in [0.4, 0.5) is 5.69 Å². The van der Waals surface area contributed by atoms with Gasteiger partial charge in [0.15, 0.2) is 5.11 Å². The molecule has 0 unspecified atom stereocenters. The van der Waals surface area contributed by atoms with Crippen LogP contribution < -0.4 is 21.1 Å². The van der Waals surface area contributed by atoms with Crippen LogP contribution in [0.2, 0.25) is 5.02 Å². The molecule has 0 aromatic heterocycles. The van der Waals surface area contributed by atoms with Gasteiger partial charge in [-0.3, -0.25) is 20.4 Å². The lowest BCUT2D eigenvalue weighted by Crippen LogP contribution is -2.52. The number of hydrogen-bond donors (Lipinski definition) is 3. The highest BCUT2D eigenvalue weighted by molar-refractivity contribution is 7.80. The van der Waals surface area contributed by atoms with Crippen molar-refractivity contribution in [3.63, 3.8) is 0 Å². The maximum atomic E-state index is 12.7. The molecule has 2 amide bonds. The number of amides is 2. The van der Waals surface area contributed by atoms with E-state index >= 15 is 0 Å². The first-order valence-electron chi connectivity index (χ1n) is 9.83. The first kappa shape index (κ1) is 20.9. The molecule has 1 saturated carbocycles. The average molecular weight is 423 g/mol. The predicted octanol–water partition coefficient (Wildman–Crippen LogP) is 3.40. The van der Waals surface area contributed by atoms with Crippen molar-refractivity contribution in [3.8, 4) is 0 Å². The van der Waals surface area contributed by atoms with Crippen molar-refractivity contribution in [3.05, 3.63) is 28.8 Å². The zero-order valence-corrected chi connectivity index (χ0v) is 17.8. The molecule has 8 heteroatoms. The minimum absolute atomic E-state index is 0.00173. The van der Waals surface area contributed by atoms with E-state index in [1.165, 1.54) is 12.8 Å². The monoisotopic (exact) mass is 422 g/mol. The zero-order chi connectivity index (χ0) is 20.3. The molecule has 3 atom stereocenters. The maximum Gasteiger partial charge on any atom is 0.271 e. The van der Waals surface area contributed by atoms with Gasteiger partial charge >= 0.3 is 0 Å². The Kier molecular flexibility index (Phi) is 6.78. The number of hydrazine groups is 1. The van der Waals surface area contributed by atoms with E-state index in [1.54, 1.807) is 23.1 Å². The molecule has 3 N–H and O–H groups in total. The summed E-state index contributed by atoms with van der Waals surface area (Å²) in [4.78, 5) is 26.4. The summed E-state index contributed by atoms with van der Waals surface area (Å²) in [6, 6.07) is 5.22. The van der Waals surface area contributed by atoms with Gasteiger partial charge in [0.25, 0.3) is 5.91 Å². The van der Waals surface area contributed by atoms with E-state index in [1.807, 2.05) is 0 Å². The molecule has 152 valence electrons. The normalized spacial score (nSPS) is 24.8. The minimum Gasteiger partial charge on any atom is -0.358 e. The topological polar surface area (TPSA) is 73.5 Å². The SMILES string of the molecule is C[C@@H]1[C@H](C)CCC[C@@H]1NC(=S)NNC(=O)c1ccc(Cl)cc1N1CCCC1=O. The van der Waals surface area contributed by atoms with Gasteiger partial charge in [-0.1, -0.05) is 38.3 Å². The fourth-order valence-electron chi connectivity index (χ4n) is 3.99. The molecular weight excluding hydrogens is 396 g/mol. The summed E-state index contributed by atoms with van der Waals surface area (Å²) >= 11 is 11.4. The third-order valence-corrected chi connectivity index (χ3v) is 6.34. The first-order valence-corrected chi connectivity index (χ1v) is 10.6. The lowest BCUT2D eigenvalue weighted by molar-refractivity contribution is -0.117. The van der Waals surface area contributed by atoms with Crippen LogP contribution in [0.3, 0.4) is 0 Å². The first-order chi connectivity index (χ1) is 13.4. The zero-order valence-electron chi connectivity index (χ0n) is 16.3. The van der Waals surface area contributed by atoms with Crippen LogP contribution in [-0.4, -0.2) is 29.5 Å². The van der Waals surface area contributed by atoms with Gasteiger partial charge in [0, 0.05) is 24.0 Å². The van der Waals surface area contributed by atoms with Crippen LogP contribution in [0.5, 0.6) is 0 Å². The highest BCUT2D eigenvalue weighted by atomic mass is 35.5. The molecule has 2 fully saturated rings. The molecule has 3 rings (SSSR count). The van der Waals surface area contributed by atoms with Crippen LogP contribution in [0.15, 0.2) is 18.2 Å². The van der Waals surface area contributed by atoms with E-state index in [9.17, 15) is 9.59 Å². The van der Waals surface area contributed by atoms with Gasteiger partial charge in [0.2, 0.25) is 5.91 Å². The molecule has 28 heavy (non-hydrogen) atoms. The van der Waals surface area contributed by atoms with E-state index in [2.05, 4.69) is 30.0 Å². The fourth-order valence-corrected chi connectivity index (χ4v) is 4.36. The van der Waals surface area contributed by atoms with Gasteiger partial charge in [-0.15, -0.1) is 0 Å². The molecule has 1 aliphatic carbocycles. The van der Waals surface area contributed by atoms with E-state index in [0.717, 1.165) is 12.8 Å². The molecular formula is C20H27ClN4O2S. The van der Waals surface area contributed by atoms with Crippen LogP contribution in [-0.2, 0) is 4.79 Å². The van der Waals surface area contributed by atoms with Crippen LogP contribution in [0.25, 0.3) is 0 Å². The van der Waals surface area contributed by atoms with Gasteiger partial charge in [-0.25, -0.2) is 0 Å². The summed E-state index contributed by atoms with van der Waals surface area (Å²) in [5.41, 5.74) is 6.34. The van der Waals surface area contributed by atoms with Crippen molar-refractivity contribution in [2.75, 3.05) is 11.4 Å². The third kappa shape index (κ3) is 4.75. The van der Waals surface area contributed by atoms with E-state index in [4.69, 9.17) is 23.8 Å². The summed E-state index contributed by atoms with van der Waals surface area (Å²) < 4.78 is 0. The second-order valence-electron chi connectivity index (χ2n) is 7.74. The molecule has 0 spiro atoms. The van der Waals surface area contributed by atoms with Crippen molar-refractivity contribution >= 4 is 46.4 Å². The molecule has 2 aliphatic rings. The average Bonchev–Trinajstić information content (AvgIpc) is 3.09. The quantitative estimate of drug-likeness (QED) is 0.514. The van der Waals surface area contributed by atoms with E-state index < -0.39 is 0 Å². The lowest BCUT2D eigenvalue weighted by Gasteiger charge is -2.35. The molecule has 1 aliphatic heterocycles. The molecule has 1 heterocycles. The van der Waals surface area contributed by atoms with Crippen LogP contribution in [0.1, 0.15) is 56.3 Å². The van der Waals surface area contributed by atoms with Crippen molar-refractivity contribution in [2.24, 2.45) is 11.8 Å². The number of nitrogens with zero attached hydrogens (tertiary/aromatic N) is 1. The number of thiocarbonyl (C=S) groups is 1. The predicted molar refractivity (Wildman–Crippen MR) is 115 cm³/mol. The summed E-state index contributed by atoms with van der Waals surface area (Å²) in [5, 5.41) is 4.19. The van der Waals surface area contributed by atoms with Crippen molar-refractivity contribution in [2.45, 2.75) is 52.0 Å². The summed E-state index contributed by atoms with van der Waals surface area (Å²) in [6.45, 7) is 5.08. The molecule has 0 radical (unpaired) electrons. The van der Waals surface area contributed by atoms with Gasteiger partial charge in [-0.05, 0) is 55.1 Å². The van der Waals surface area contributed by atoms with Gasteiger partial charge in [0.05, 0.1) is 11.3 Å². The number of carbonyl (C=O) groups is 2. The van der Waals surface area contributed by atoms with Crippen LogP contribution in [0, 0.1) is 11.8 Å². The second kappa shape index (κ2) is 9.09. The largest absolute Gasteiger partial charge is 0.358 e. The number of hydrogen-bond acceptors (Lipinski definition) is 3. The Labute approximate surface area is 176 Å². The van der Waals surface area contributed by atoms with Crippen molar-refractivity contribution < 1.29 is 9.59 Å². The fraction of sp³-hybridized carbons (Fsp3) is 0.550. The van der Waals surface area contributed by atoms with Gasteiger partial charge < -0.3 is 10.2 Å². The summed E-state index contributed by atoms with van der Waals surface area (Å²) in [6.07, 6.45) is 4.75. The minimum atomic E-state index is -0.361. The Hall–Kier alpha value is -1.86. The number of benzene rings is 1. The molecule has 6 nitrogen and oxygen atoms in total. The number of rotatable bonds is 3. The Morgan fingerprint density at radius 1 is 1.21 bits per heavy atom. The molecule has 1 aromatic carbocycles. The van der Waals surface area contributed by atoms with Crippen molar-refractivity contribution in [1.82, 2.24) is 16.2 Å². The van der Waals surface area contributed by atoms with Gasteiger partial charge in [-0.2, -0.15) is 0 Å². The molecule has 1 saturated heterocycles. The smallest absolute Gasteiger partial charge is 0.271 e. The van der Waals surface area contributed by atoms with E-state index in [-0.39, 0.29) is 11.8 Å². The maximum absolute atomic E-state index is 12.7. The van der Waals surface area contributed by atoms with E-state index in [0.29, 0.717) is 52.2 Å².